The molecule has 0 saturated heterocycles. The van der Waals surface area contributed by atoms with E-state index in [4.69, 9.17) is 5.73 Å². The summed E-state index contributed by atoms with van der Waals surface area (Å²) in [5, 5.41) is -0.123. The van der Waals surface area contributed by atoms with Crippen molar-refractivity contribution in [3.8, 4) is 0 Å². The summed E-state index contributed by atoms with van der Waals surface area (Å²) in [6.07, 6.45) is -5.78. The van der Waals surface area contributed by atoms with Crippen LogP contribution in [0.2, 0.25) is 0 Å². The molecule has 0 saturated carbocycles. The summed E-state index contributed by atoms with van der Waals surface area (Å²) in [6.45, 7) is 0. The van der Waals surface area contributed by atoms with Crippen LogP contribution in [-0.4, -0.2) is 12.1 Å². The summed E-state index contributed by atoms with van der Waals surface area (Å²) in [6, 6.07) is 4.46. The minimum absolute atomic E-state index is 0.0570. The van der Waals surface area contributed by atoms with Crippen molar-refractivity contribution in [3.63, 3.8) is 0 Å². The van der Waals surface area contributed by atoms with Crippen LogP contribution in [0.25, 0.3) is 10.8 Å². The van der Waals surface area contributed by atoms with Gasteiger partial charge in [-0.3, -0.25) is 0 Å². The van der Waals surface area contributed by atoms with Crippen LogP contribution in [0.5, 0.6) is 0 Å². The highest BCUT2D eigenvalue weighted by molar-refractivity contribution is 5.86. The zero-order valence-corrected chi connectivity index (χ0v) is 9.89. The topological polar surface area (TPSA) is 26.0 Å². The molecule has 0 aliphatic rings. The average Bonchev–Trinajstić information content (AvgIpc) is 2.37. The first-order valence-electron chi connectivity index (χ1n) is 5.53. The number of nitrogens with two attached hydrogens (primary N) is 1. The van der Waals surface area contributed by atoms with Crippen LogP contribution in [0.1, 0.15) is 11.6 Å². The highest BCUT2D eigenvalue weighted by atomic mass is 19.4. The maximum atomic E-state index is 13.5. The molecule has 108 valence electrons. The van der Waals surface area contributed by atoms with Crippen molar-refractivity contribution in [2.75, 3.05) is 0 Å². The highest BCUT2D eigenvalue weighted by Crippen LogP contribution is 2.44. The Morgan fingerprint density at radius 3 is 1.95 bits per heavy atom. The number of halogens is 6. The molecule has 1 nitrogen and oxygen atoms in total. The molecule has 2 aromatic carbocycles. The SMILES string of the molecule is NC(c1ccc(F)c2ccccc12)C(F)(F)C(F)(F)F. The van der Waals surface area contributed by atoms with E-state index in [1.165, 1.54) is 24.3 Å². The average molecular weight is 293 g/mol. The lowest BCUT2D eigenvalue weighted by molar-refractivity contribution is -0.290. The van der Waals surface area contributed by atoms with Crippen LogP contribution in [0.4, 0.5) is 26.3 Å². The van der Waals surface area contributed by atoms with E-state index in [1.54, 1.807) is 0 Å². The molecule has 0 fully saturated rings. The molecule has 0 radical (unpaired) electrons. The molecule has 0 bridgehead atoms. The number of benzene rings is 2. The van der Waals surface area contributed by atoms with E-state index >= 15 is 0 Å². The first-order chi connectivity index (χ1) is 9.16. The van der Waals surface area contributed by atoms with Gasteiger partial charge < -0.3 is 5.73 Å². The van der Waals surface area contributed by atoms with Crippen molar-refractivity contribution in [1.82, 2.24) is 0 Å². The van der Waals surface area contributed by atoms with Crippen LogP contribution < -0.4 is 5.73 Å². The second-order valence-corrected chi connectivity index (χ2v) is 4.28. The smallest absolute Gasteiger partial charge is 0.319 e. The van der Waals surface area contributed by atoms with Crippen molar-refractivity contribution in [2.45, 2.75) is 18.1 Å². The molecular formula is C13H9F6N. The number of fused-ring (bicyclic) bond motifs is 1. The van der Waals surface area contributed by atoms with E-state index in [0.717, 1.165) is 12.1 Å². The standard InChI is InChI=1S/C13H9F6N/c14-10-6-5-9(7-3-1-2-4-8(7)10)11(20)12(15,16)13(17,18)19/h1-6,11H,20H2. The molecule has 0 aliphatic heterocycles. The molecule has 0 spiro atoms. The molecule has 20 heavy (non-hydrogen) atoms. The lowest BCUT2D eigenvalue weighted by Gasteiger charge is -2.26. The minimum atomic E-state index is -5.78. The molecule has 7 heteroatoms. The zero-order valence-electron chi connectivity index (χ0n) is 9.89. The summed E-state index contributed by atoms with van der Waals surface area (Å²) in [4.78, 5) is 0. The molecule has 1 unspecified atom stereocenters. The molecule has 2 N–H and O–H groups in total. The summed E-state index contributed by atoms with van der Waals surface area (Å²) in [5.41, 5.74) is 4.63. The lowest BCUT2D eigenvalue weighted by Crippen LogP contribution is -2.45. The van der Waals surface area contributed by atoms with Crippen molar-refractivity contribution in [1.29, 1.82) is 0 Å². The minimum Gasteiger partial charge on any atom is -0.319 e. The summed E-state index contributed by atoms with van der Waals surface area (Å²) < 4.78 is 77.1. The molecular weight excluding hydrogens is 284 g/mol. The van der Waals surface area contributed by atoms with E-state index in [9.17, 15) is 26.3 Å². The van der Waals surface area contributed by atoms with Gasteiger partial charge in [0.1, 0.15) is 11.9 Å². The second kappa shape index (κ2) is 4.66. The fourth-order valence-corrected chi connectivity index (χ4v) is 1.93. The van der Waals surface area contributed by atoms with Gasteiger partial charge in [0.2, 0.25) is 0 Å². The Kier molecular flexibility index (Phi) is 3.41. The van der Waals surface area contributed by atoms with Crippen LogP contribution >= 0.6 is 0 Å². The van der Waals surface area contributed by atoms with Gasteiger partial charge in [-0.25, -0.2) is 4.39 Å². The largest absolute Gasteiger partial charge is 0.455 e. The van der Waals surface area contributed by atoms with Crippen molar-refractivity contribution >= 4 is 10.8 Å². The van der Waals surface area contributed by atoms with Crippen LogP contribution in [0.15, 0.2) is 36.4 Å². The number of rotatable bonds is 2. The van der Waals surface area contributed by atoms with Crippen LogP contribution in [0, 0.1) is 5.82 Å². The summed E-state index contributed by atoms with van der Waals surface area (Å²) in [7, 11) is 0. The van der Waals surface area contributed by atoms with E-state index < -0.39 is 29.5 Å². The molecule has 1 atom stereocenters. The fourth-order valence-electron chi connectivity index (χ4n) is 1.93. The van der Waals surface area contributed by atoms with Gasteiger partial charge in [0.05, 0.1) is 0 Å². The van der Waals surface area contributed by atoms with Gasteiger partial charge in [0, 0.05) is 5.39 Å². The quantitative estimate of drug-likeness (QED) is 0.826. The summed E-state index contributed by atoms with van der Waals surface area (Å²) in [5.74, 6) is -5.82. The Balaban J connectivity index is 2.62. The zero-order chi connectivity index (χ0) is 15.1. The van der Waals surface area contributed by atoms with Gasteiger partial charge in [0.25, 0.3) is 0 Å². The maximum absolute atomic E-state index is 13.5. The Bertz CT molecular complexity index is 634. The van der Waals surface area contributed by atoms with Crippen molar-refractivity contribution < 1.29 is 26.3 Å². The van der Waals surface area contributed by atoms with Crippen molar-refractivity contribution in [3.05, 3.63) is 47.8 Å². The van der Waals surface area contributed by atoms with Gasteiger partial charge in [-0.1, -0.05) is 30.3 Å². The van der Waals surface area contributed by atoms with Crippen molar-refractivity contribution in [2.24, 2.45) is 5.73 Å². The Hall–Kier alpha value is -1.76. The van der Waals surface area contributed by atoms with Crippen LogP contribution in [-0.2, 0) is 0 Å². The number of alkyl halides is 5. The molecule has 0 aliphatic carbocycles. The second-order valence-electron chi connectivity index (χ2n) is 4.28. The Morgan fingerprint density at radius 1 is 0.850 bits per heavy atom. The fraction of sp³-hybridized carbons (Fsp3) is 0.231. The van der Waals surface area contributed by atoms with E-state index in [-0.39, 0.29) is 10.8 Å². The van der Waals surface area contributed by atoms with Gasteiger partial charge in [-0.2, -0.15) is 22.0 Å². The summed E-state index contributed by atoms with van der Waals surface area (Å²) >= 11 is 0. The van der Waals surface area contributed by atoms with E-state index in [0.29, 0.717) is 0 Å². The van der Waals surface area contributed by atoms with E-state index in [1.807, 2.05) is 0 Å². The normalized spacial score (nSPS) is 14.6. The number of hydrogen-bond acceptors (Lipinski definition) is 1. The number of hydrogen-bond donors (Lipinski definition) is 1. The molecule has 2 aromatic rings. The first kappa shape index (κ1) is 14.6. The third kappa shape index (κ3) is 2.22. The maximum Gasteiger partial charge on any atom is 0.455 e. The third-order valence-electron chi connectivity index (χ3n) is 3.01. The predicted octanol–water partition coefficient (Wildman–Crippen LogP) is 4.18. The third-order valence-corrected chi connectivity index (χ3v) is 3.01. The van der Waals surface area contributed by atoms with Gasteiger partial charge in [-0.15, -0.1) is 0 Å². The van der Waals surface area contributed by atoms with E-state index in [2.05, 4.69) is 0 Å². The lowest BCUT2D eigenvalue weighted by atomic mass is 9.95. The van der Waals surface area contributed by atoms with Gasteiger partial charge in [0.15, 0.2) is 0 Å². The molecule has 0 amide bonds. The Labute approximate surface area is 110 Å². The highest BCUT2D eigenvalue weighted by Gasteiger charge is 2.61. The molecule has 0 heterocycles. The molecule has 2 rings (SSSR count). The predicted molar refractivity (Wildman–Crippen MR) is 61.8 cm³/mol. The van der Waals surface area contributed by atoms with Gasteiger partial charge in [-0.05, 0) is 17.0 Å². The van der Waals surface area contributed by atoms with Gasteiger partial charge >= 0.3 is 12.1 Å². The molecule has 0 aromatic heterocycles. The van der Waals surface area contributed by atoms with Crippen LogP contribution in [0.3, 0.4) is 0 Å². The monoisotopic (exact) mass is 293 g/mol. The Morgan fingerprint density at radius 2 is 1.40 bits per heavy atom. The first-order valence-corrected chi connectivity index (χ1v) is 5.53.